The molecule has 0 N–H and O–H groups in total. The molecule has 21 heavy (non-hydrogen) atoms. The fourth-order valence-corrected chi connectivity index (χ4v) is 1.91. The molecule has 0 saturated carbocycles. The van der Waals surface area contributed by atoms with E-state index in [1.807, 2.05) is 0 Å². The second kappa shape index (κ2) is 6.58. The average molecular weight is 336 g/mol. The predicted octanol–water partition coefficient (Wildman–Crippen LogP) is 0.855. The molecule has 1 atom stereocenters. The van der Waals surface area contributed by atoms with Crippen LogP contribution >= 0.6 is 0 Å². The van der Waals surface area contributed by atoms with E-state index in [1.54, 1.807) is 0 Å². The first-order chi connectivity index (χ1) is 9.58. The van der Waals surface area contributed by atoms with Gasteiger partial charge in [-0.25, -0.2) is 13.2 Å². The van der Waals surface area contributed by atoms with Gasteiger partial charge in [0.05, 0.1) is 6.61 Å². The number of rotatable bonds is 7. The van der Waals surface area contributed by atoms with Crippen LogP contribution in [0.25, 0.3) is 0 Å². The number of hydrogen-bond donors (Lipinski definition) is 1. The first-order valence-electron chi connectivity index (χ1n) is 5.84. The van der Waals surface area contributed by atoms with Gasteiger partial charge in [0.25, 0.3) is 0 Å². The van der Waals surface area contributed by atoms with Crippen molar-refractivity contribution in [2.45, 2.75) is 43.0 Å². The summed E-state index contributed by atoms with van der Waals surface area (Å²) in [7, 11) is -4.63. The summed E-state index contributed by atoms with van der Waals surface area (Å²) >= 11 is 0. The number of carbonyl (C=O) groups is 2. The van der Waals surface area contributed by atoms with Crippen molar-refractivity contribution in [3.8, 4) is 0 Å². The van der Waals surface area contributed by atoms with Crippen LogP contribution in [0.1, 0.15) is 25.7 Å². The quantitative estimate of drug-likeness (QED) is 0.321. The zero-order valence-corrected chi connectivity index (χ0v) is 11.4. The van der Waals surface area contributed by atoms with Crippen LogP contribution in [-0.4, -0.2) is 44.2 Å². The van der Waals surface area contributed by atoms with Gasteiger partial charge in [-0.3, -0.25) is 4.79 Å². The summed E-state index contributed by atoms with van der Waals surface area (Å²) in [5.74, 6) is -6.30. The molecule has 6 nitrogen and oxygen atoms in total. The molecule has 0 aromatic rings. The molecule has 0 aliphatic carbocycles. The maximum Gasteiger partial charge on any atom is 0.404 e. The zero-order chi connectivity index (χ0) is 16.3. The minimum atomic E-state index is -5.16. The lowest BCUT2D eigenvalue weighted by Crippen LogP contribution is -2.41. The highest BCUT2D eigenvalue weighted by Crippen LogP contribution is 2.38. The van der Waals surface area contributed by atoms with E-state index in [-0.39, 0.29) is 12.8 Å². The Kier molecular flexibility index (Phi) is 5.54. The minimum Gasteiger partial charge on any atom is -0.463 e. The van der Waals surface area contributed by atoms with E-state index in [4.69, 9.17) is 0 Å². The van der Waals surface area contributed by atoms with Crippen molar-refractivity contribution >= 4 is 22.6 Å². The Labute approximate surface area is 118 Å². The Morgan fingerprint density at radius 2 is 1.95 bits per heavy atom. The normalized spacial score (nSPS) is 19.7. The molecule has 0 bridgehead atoms. The molecule has 11 heteroatoms. The zero-order valence-electron chi connectivity index (χ0n) is 10.5. The Morgan fingerprint density at radius 3 is 2.43 bits per heavy atom. The number of halogens is 4. The van der Waals surface area contributed by atoms with E-state index in [1.165, 1.54) is 0 Å². The summed E-state index contributed by atoms with van der Waals surface area (Å²) in [6, 6.07) is 0. The number of thiol groups is 1. The van der Waals surface area contributed by atoms with Crippen LogP contribution in [0.15, 0.2) is 0 Å². The number of hydrogen-bond acceptors (Lipinski definition) is 6. The predicted molar refractivity (Wildman–Crippen MR) is 59.5 cm³/mol. The molecule has 1 aliphatic heterocycles. The van der Waals surface area contributed by atoms with E-state index >= 15 is 0 Å². The fourth-order valence-electron chi connectivity index (χ4n) is 1.54. The molecule has 1 saturated heterocycles. The van der Waals surface area contributed by atoms with E-state index in [9.17, 15) is 35.6 Å². The fraction of sp³-hybridized carbons (Fsp3) is 0.800. The molecule has 1 aliphatic rings. The number of alkyl halides is 4. The number of carbonyl (C=O) groups excluding carboxylic acids is 2. The lowest BCUT2D eigenvalue weighted by Gasteiger charge is -2.21. The highest BCUT2D eigenvalue weighted by molar-refractivity contribution is 7.73. The molecule has 122 valence electrons. The van der Waals surface area contributed by atoms with E-state index in [0.717, 1.165) is 0 Å². The largest absolute Gasteiger partial charge is 0.463 e. The van der Waals surface area contributed by atoms with Crippen LogP contribution in [0.5, 0.6) is 0 Å². The van der Waals surface area contributed by atoms with E-state index < -0.39 is 59.4 Å². The standard InChI is InChI=1S/C10H12F4O6S/c11-9(12,10(13,14)21(17)18)4-1-5-19-8(16)6-2-3-7(15)20-6/h6,21H,1-5H2. The van der Waals surface area contributed by atoms with Gasteiger partial charge in [0.15, 0.2) is 6.10 Å². The maximum atomic E-state index is 13.0. The van der Waals surface area contributed by atoms with Gasteiger partial charge in [0.2, 0.25) is 10.7 Å². The average Bonchev–Trinajstić information content (AvgIpc) is 2.80. The molecule has 1 fully saturated rings. The molecule has 1 heterocycles. The number of cyclic esters (lactones) is 1. The number of ether oxygens (including phenoxy) is 2. The molecule has 1 rings (SSSR count). The minimum absolute atomic E-state index is 0.0284. The van der Waals surface area contributed by atoms with Crippen molar-refractivity contribution in [2.75, 3.05) is 6.61 Å². The molecule has 0 radical (unpaired) electrons. The molecule has 0 amide bonds. The summed E-state index contributed by atoms with van der Waals surface area (Å²) < 4.78 is 80.6. The molecule has 0 aromatic carbocycles. The van der Waals surface area contributed by atoms with Crippen molar-refractivity contribution in [3.05, 3.63) is 0 Å². The SMILES string of the molecule is O=C1CCC(C(=O)OCCCC(F)(F)C(F)(F)[SH](=O)=O)O1. The molecule has 1 unspecified atom stereocenters. The van der Waals surface area contributed by atoms with Gasteiger partial charge in [0.1, 0.15) is 0 Å². The third-order valence-electron chi connectivity index (χ3n) is 2.70. The van der Waals surface area contributed by atoms with Crippen LogP contribution < -0.4 is 0 Å². The van der Waals surface area contributed by atoms with Crippen LogP contribution in [0.3, 0.4) is 0 Å². The smallest absolute Gasteiger partial charge is 0.404 e. The molecule has 0 aromatic heterocycles. The van der Waals surface area contributed by atoms with Crippen LogP contribution in [0, 0.1) is 0 Å². The van der Waals surface area contributed by atoms with Crippen molar-refractivity contribution in [1.82, 2.24) is 0 Å². The maximum absolute atomic E-state index is 13.0. The Hall–Kier alpha value is -1.39. The first kappa shape index (κ1) is 17.7. The van der Waals surface area contributed by atoms with Gasteiger partial charge >= 0.3 is 23.1 Å². The van der Waals surface area contributed by atoms with Gasteiger partial charge in [-0.15, -0.1) is 0 Å². The number of esters is 2. The molecular formula is C10H12F4O6S. The lowest BCUT2D eigenvalue weighted by atomic mass is 10.2. The third kappa shape index (κ3) is 4.29. The summed E-state index contributed by atoms with van der Waals surface area (Å²) in [4.78, 5) is 22.0. The van der Waals surface area contributed by atoms with Crippen LogP contribution in [0.2, 0.25) is 0 Å². The van der Waals surface area contributed by atoms with E-state index in [2.05, 4.69) is 9.47 Å². The topological polar surface area (TPSA) is 86.7 Å². The first-order valence-corrected chi connectivity index (χ1v) is 7.02. The van der Waals surface area contributed by atoms with Crippen molar-refractivity contribution in [2.24, 2.45) is 0 Å². The van der Waals surface area contributed by atoms with Crippen LogP contribution in [-0.2, 0) is 29.8 Å². The van der Waals surface area contributed by atoms with Gasteiger partial charge < -0.3 is 9.47 Å². The van der Waals surface area contributed by atoms with Gasteiger partial charge in [-0.2, -0.15) is 17.6 Å². The second-order valence-corrected chi connectivity index (χ2v) is 5.37. The van der Waals surface area contributed by atoms with Gasteiger partial charge in [-0.1, -0.05) is 0 Å². The van der Waals surface area contributed by atoms with Crippen molar-refractivity contribution in [3.63, 3.8) is 0 Å². The summed E-state index contributed by atoms with van der Waals surface area (Å²) in [5.41, 5.74) is 0. The van der Waals surface area contributed by atoms with E-state index in [0.29, 0.717) is 0 Å². The Morgan fingerprint density at radius 1 is 1.33 bits per heavy atom. The summed E-state index contributed by atoms with van der Waals surface area (Å²) in [6.07, 6.45) is -3.13. The second-order valence-electron chi connectivity index (χ2n) is 4.29. The molecular weight excluding hydrogens is 324 g/mol. The monoisotopic (exact) mass is 336 g/mol. The summed E-state index contributed by atoms with van der Waals surface area (Å²) in [6.45, 7) is -0.617. The Balaban J connectivity index is 2.37. The van der Waals surface area contributed by atoms with Gasteiger partial charge in [0, 0.05) is 19.3 Å². The summed E-state index contributed by atoms with van der Waals surface area (Å²) in [5, 5.41) is -5.16. The highest BCUT2D eigenvalue weighted by atomic mass is 32.2. The Bertz CT molecular complexity index is 482. The lowest BCUT2D eigenvalue weighted by molar-refractivity contribution is -0.167. The van der Waals surface area contributed by atoms with Crippen molar-refractivity contribution in [1.29, 1.82) is 0 Å². The highest BCUT2D eigenvalue weighted by Gasteiger charge is 2.58. The molecule has 0 spiro atoms. The third-order valence-corrected chi connectivity index (χ3v) is 3.48. The van der Waals surface area contributed by atoms with Crippen LogP contribution in [0.4, 0.5) is 17.6 Å². The van der Waals surface area contributed by atoms with Crippen molar-refractivity contribution < 1.29 is 45.0 Å². The van der Waals surface area contributed by atoms with Gasteiger partial charge in [-0.05, 0) is 6.42 Å².